The van der Waals surface area contributed by atoms with Crippen molar-refractivity contribution in [3.63, 3.8) is 0 Å². The second-order valence-electron chi connectivity index (χ2n) is 4.23. The largest absolute Gasteiger partial charge is 0.310 e. The number of hydrogen-bond donors (Lipinski definition) is 1. The van der Waals surface area contributed by atoms with Crippen LogP contribution in [0.25, 0.3) is 0 Å². The van der Waals surface area contributed by atoms with E-state index in [1.807, 2.05) is 0 Å². The van der Waals surface area contributed by atoms with Gasteiger partial charge in [0, 0.05) is 6.04 Å². The zero-order valence-corrected chi connectivity index (χ0v) is 10.5. The van der Waals surface area contributed by atoms with E-state index in [0.717, 1.165) is 19.4 Å². The first-order chi connectivity index (χ1) is 7.77. The van der Waals surface area contributed by atoms with Crippen molar-refractivity contribution >= 4 is 0 Å². The van der Waals surface area contributed by atoms with Gasteiger partial charge in [-0.05, 0) is 31.4 Å². The third-order valence-corrected chi connectivity index (χ3v) is 2.84. The molecule has 0 amide bonds. The van der Waals surface area contributed by atoms with Crippen LogP contribution in [0.15, 0.2) is 42.5 Å². The molecule has 1 atom stereocenters. The fourth-order valence-electron chi connectivity index (χ4n) is 1.74. The fourth-order valence-corrected chi connectivity index (χ4v) is 1.74. The minimum Gasteiger partial charge on any atom is -0.310 e. The van der Waals surface area contributed by atoms with Gasteiger partial charge in [0.15, 0.2) is 0 Å². The molecule has 0 radical (unpaired) electrons. The minimum atomic E-state index is 0.425. The second kappa shape index (κ2) is 7.24. The van der Waals surface area contributed by atoms with Crippen molar-refractivity contribution in [2.24, 2.45) is 0 Å². The van der Waals surface area contributed by atoms with Gasteiger partial charge in [-0.1, -0.05) is 56.3 Å². The summed E-state index contributed by atoms with van der Waals surface area (Å²) in [5, 5.41) is 3.59. The highest BCUT2D eigenvalue weighted by molar-refractivity contribution is 5.20. The molecule has 0 aliphatic heterocycles. The Kier molecular flexibility index (Phi) is 5.87. The standard InChI is InChI=1S/C15H23N/c1-4-11-16-15(12-13(3)5-2)14-9-7-6-8-10-14/h6-10,15-16H,3-5,11-12H2,1-2H3. The lowest BCUT2D eigenvalue weighted by Gasteiger charge is -2.19. The predicted octanol–water partition coefficient (Wildman–Crippen LogP) is 4.08. The van der Waals surface area contributed by atoms with Gasteiger partial charge in [0.2, 0.25) is 0 Å². The number of nitrogens with one attached hydrogen (secondary N) is 1. The van der Waals surface area contributed by atoms with E-state index in [0.29, 0.717) is 6.04 Å². The molecule has 1 aromatic carbocycles. The average molecular weight is 217 g/mol. The van der Waals surface area contributed by atoms with Crippen LogP contribution < -0.4 is 5.32 Å². The SMILES string of the molecule is C=C(CC)CC(NCCC)c1ccccc1. The molecular weight excluding hydrogens is 194 g/mol. The summed E-state index contributed by atoms with van der Waals surface area (Å²) in [4.78, 5) is 0. The third-order valence-electron chi connectivity index (χ3n) is 2.84. The fraction of sp³-hybridized carbons (Fsp3) is 0.467. The summed E-state index contributed by atoms with van der Waals surface area (Å²) >= 11 is 0. The van der Waals surface area contributed by atoms with Crippen molar-refractivity contribution in [2.45, 2.75) is 39.2 Å². The van der Waals surface area contributed by atoms with Crippen molar-refractivity contribution in [3.8, 4) is 0 Å². The van der Waals surface area contributed by atoms with E-state index < -0.39 is 0 Å². The number of hydrogen-bond acceptors (Lipinski definition) is 1. The maximum Gasteiger partial charge on any atom is 0.0357 e. The van der Waals surface area contributed by atoms with Gasteiger partial charge < -0.3 is 5.32 Å². The lowest BCUT2D eigenvalue weighted by atomic mass is 9.98. The van der Waals surface area contributed by atoms with Crippen LogP contribution in [-0.2, 0) is 0 Å². The normalized spacial score (nSPS) is 12.4. The van der Waals surface area contributed by atoms with Gasteiger partial charge in [-0.25, -0.2) is 0 Å². The van der Waals surface area contributed by atoms with Gasteiger partial charge in [-0.15, -0.1) is 0 Å². The highest BCUT2D eigenvalue weighted by atomic mass is 14.9. The molecule has 0 fully saturated rings. The Labute approximate surface area is 99.6 Å². The molecule has 1 rings (SSSR count). The molecule has 0 saturated carbocycles. The maximum absolute atomic E-state index is 4.11. The van der Waals surface area contributed by atoms with E-state index in [-0.39, 0.29) is 0 Å². The summed E-state index contributed by atoms with van der Waals surface area (Å²) in [7, 11) is 0. The summed E-state index contributed by atoms with van der Waals surface area (Å²) in [6.07, 6.45) is 3.28. The van der Waals surface area contributed by atoms with Gasteiger partial charge in [-0.3, -0.25) is 0 Å². The highest BCUT2D eigenvalue weighted by Gasteiger charge is 2.10. The molecule has 0 heterocycles. The van der Waals surface area contributed by atoms with Gasteiger partial charge in [0.25, 0.3) is 0 Å². The van der Waals surface area contributed by atoms with Crippen LogP contribution in [-0.4, -0.2) is 6.54 Å². The molecule has 1 unspecified atom stereocenters. The molecule has 88 valence electrons. The number of rotatable bonds is 7. The van der Waals surface area contributed by atoms with E-state index >= 15 is 0 Å². The Morgan fingerprint density at radius 3 is 2.50 bits per heavy atom. The van der Waals surface area contributed by atoms with E-state index in [2.05, 4.69) is 56.1 Å². The Morgan fingerprint density at radius 1 is 1.25 bits per heavy atom. The van der Waals surface area contributed by atoms with Gasteiger partial charge in [-0.2, -0.15) is 0 Å². The summed E-state index contributed by atoms with van der Waals surface area (Å²) < 4.78 is 0. The van der Waals surface area contributed by atoms with Gasteiger partial charge in [0.1, 0.15) is 0 Å². The van der Waals surface area contributed by atoms with E-state index in [1.54, 1.807) is 0 Å². The Balaban J connectivity index is 2.67. The first kappa shape index (κ1) is 13.0. The van der Waals surface area contributed by atoms with Crippen molar-refractivity contribution < 1.29 is 0 Å². The van der Waals surface area contributed by atoms with Gasteiger partial charge in [0.05, 0.1) is 0 Å². The zero-order chi connectivity index (χ0) is 11.8. The van der Waals surface area contributed by atoms with Crippen LogP contribution in [0.5, 0.6) is 0 Å². The van der Waals surface area contributed by atoms with Crippen LogP contribution in [0.3, 0.4) is 0 Å². The lowest BCUT2D eigenvalue weighted by Crippen LogP contribution is -2.22. The number of benzene rings is 1. The molecule has 0 bridgehead atoms. The molecular formula is C15H23N. The molecule has 0 spiro atoms. The Bertz CT molecular complexity index is 302. The molecule has 1 N–H and O–H groups in total. The molecule has 1 nitrogen and oxygen atoms in total. The van der Waals surface area contributed by atoms with Crippen LogP contribution in [0, 0.1) is 0 Å². The molecule has 1 aromatic rings. The topological polar surface area (TPSA) is 12.0 Å². The Morgan fingerprint density at radius 2 is 1.94 bits per heavy atom. The van der Waals surface area contributed by atoms with E-state index in [1.165, 1.54) is 17.6 Å². The summed E-state index contributed by atoms with van der Waals surface area (Å²) in [5.41, 5.74) is 2.68. The smallest absolute Gasteiger partial charge is 0.0357 e. The van der Waals surface area contributed by atoms with Crippen molar-refractivity contribution in [1.29, 1.82) is 0 Å². The van der Waals surface area contributed by atoms with Crippen LogP contribution >= 0.6 is 0 Å². The summed E-state index contributed by atoms with van der Waals surface area (Å²) in [6.45, 7) is 9.54. The van der Waals surface area contributed by atoms with E-state index in [4.69, 9.17) is 0 Å². The monoisotopic (exact) mass is 217 g/mol. The van der Waals surface area contributed by atoms with Crippen molar-refractivity contribution in [3.05, 3.63) is 48.0 Å². The first-order valence-corrected chi connectivity index (χ1v) is 6.22. The van der Waals surface area contributed by atoms with Crippen molar-refractivity contribution in [2.75, 3.05) is 6.54 Å². The Hall–Kier alpha value is -1.08. The second-order valence-corrected chi connectivity index (χ2v) is 4.23. The predicted molar refractivity (Wildman–Crippen MR) is 71.5 cm³/mol. The zero-order valence-electron chi connectivity index (χ0n) is 10.5. The average Bonchev–Trinajstić information content (AvgIpc) is 2.35. The van der Waals surface area contributed by atoms with Crippen LogP contribution in [0.2, 0.25) is 0 Å². The van der Waals surface area contributed by atoms with Crippen LogP contribution in [0.4, 0.5) is 0 Å². The lowest BCUT2D eigenvalue weighted by molar-refractivity contribution is 0.523. The van der Waals surface area contributed by atoms with E-state index in [9.17, 15) is 0 Å². The van der Waals surface area contributed by atoms with Gasteiger partial charge >= 0.3 is 0 Å². The highest BCUT2D eigenvalue weighted by Crippen LogP contribution is 2.21. The molecule has 1 heteroatoms. The molecule has 0 aromatic heterocycles. The molecule has 0 saturated heterocycles. The quantitative estimate of drug-likeness (QED) is 0.678. The minimum absolute atomic E-state index is 0.425. The molecule has 16 heavy (non-hydrogen) atoms. The summed E-state index contributed by atoms with van der Waals surface area (Å²) in [5.74, 6) is 0. The van der Waals surface area contributed by atoms with Crippen LogP contribution in [0.1, 0.15) is 44.7 Å². The maximum atomic E-state index is 4.11. The van der Waals surface area contributed by atoms with Crippen molar-refractivity contribution in [1.82, 2.24) is 5.32 Å². The summed E-state index contributed by atoms with van der Waals surface area (Å²) in [6, 6.07) is 11.1. The molecule has 0 aliphatic rings. The first-order valence-electron chi connectivity index (χ1n) is 6.22. The third kappa shape index (κ3) is 4.19. The molecule has 0 aliphatic carbocycles.